The predicted octanol–water partition coefficient (Wildman–Crippen LogP) is 6.54. The molecule has 0 aliphatic heterocycles. The molecule has 0 aromatic carbocycles. The second-order valence-electron chi connectivity index (χ2n) is 12.2. The highest BCUT2D eigenvalue weighted by molar-refractivity contribution is 5.21. The lowest BCUT2D eigenvalue weighted by Crippen LogP contribution is -2.50. The minimum absolute atomic E-state index is 0.500. The standard InChI is InChI=1S/C27H41N3/c1-17-5-7-22-21(11-17)6-8-24-23(22)9-10-27(4)25(12-18(2)26(24)27)19(3)15-30-16-20(13-28)14-29-30/h14,16-19,21-26H,5-12,15H2,1-4H3/t17-,18+,19+,21+,22-,23?,24+,25?,26?,27+/m0/s1. The summed E-state index contributed by atoms with van der Waals surface area (Å²) < 4.78 is 2.02. The first-order valence-corrected chi connectivity index (χ1v) is 12.8. The number of rotatable bonds is 3. The third-order valence-electron chi connectivity index (χ3n) is 10.5. The van der Waals surface area contributed by atoms with Crippen LogP contribution in [-0.2, 0) is 6.54 Å². The molecule has 1 aromatic rings. The molecule has 0 amide bonds. The second-order valence-corrected chi connectivity index (χ2v) is 12.2. The van der Waals surface area contributed by atoms with Gasteiger partial charge in [-0.05, 0) is 104 Å². The smallest absolute Gasteiger partial charge is 0.102 e. The van der Waals surface area contributed by atoms with E-state index in [4.69, 9.17) is 5.26 Å². The van der Waals surface area contributed by atoms with E-state index in [0.717, 1.165) is 53.9 Å². The molecule has 3 heteroatoms. The molecule has 10 atom stereocenters. The van der Waals surface area contributed by atoms with Gasteiger partial charge in [-0.15, -0.1) is 0 Å². The molecule has 0 spiro atoms. The molecule has 4 aliphatic rings. The molecule has 4 saturated carbocycles. The minimum atomic E-state index is 0.500. The van der Waals surface area contributed by atoms with Crippen LogP contribution in [0, 0.1) is 70.0 Å². The molecular formula is C27H41N3. The summed E-state index contributed by atoms with van der Waals surface area (Å²) >= 11 is 0. The summed E-state index contributed by atoms with van der Waals surface area (Å²) in [5, 5.41) is 13.6. The fraction of sp³-hybridized carbons (Fsp3) is 0.852. The highest BCUT2D eigenvalue weighted by atomic mass is 15.3. The molecule has 5 rings (SSSR count). The van der Waals surface area contributed by atoms with Crippen LogP contribution in [0.3, 0.4) is 0 Å². The Kier molecular flexibility index (Phi) is 5.27. The summed E-state index contributed by atoms with van der Waals surface area (Å²) in [6.07, 6.45) is 15.5. The van der Waals surface area contributed by atoms with Gasteiger partial charge in [0.05, 0.1) is 11.8 Å². The largest absolute Gasteiger partial charge is 0.271 e. The van der Waals surface area contributed by atoms with Gasteiger partial charge in [0.15, 0.2) is 0 Å². The maximum Gasteiger partial charge on any atom is 0.102 e. The molecule has 164 valence electrons. The molecule has 30 heavy (non-hydrogen) atoms. The van der Waals surface area contributed by atoms with Crippen LogP contribution in [-0.4, -0.2) is 9.78 Å². The number of nitrogens with zero attached hydrogens (tertiary/aromatic N) is 3. The highest BCUT2D eigenvalue weighted by Gasteiger charge is 2.59. The second kappa shape index (κ2) is 7.68. The van der Waals surface area contributed by atoms with Crippen LogP contribution < -0.4 is 0 Å². The molecule has 0 saturated heterocycles. The SMILES string of the molecule is C[C@H]1CC[C@@H]2C3CC[C@]4(C)C([C@H](C)Cn5cc(C#N)cn5)C[C@@H](C)C4[C@@H]3CC[C@@H]2C1. The Hall–Kier alpha value is -1.30. The minimum Gasteiger partial charge on any atom is -0.271 e. The Morgan fingerprint density at radius 3 is 2.70 bits per heavy atom. The van der Waals surface area contributed by atoms with Crippen molar-refractivity contribution in [3.05, 3.63) is 18.0 Å². The van der Waals surface area contributed by atoms with Crippen molar-refractivity contribution in [3.8, 4) is 6.07 Å². The summed E-state index contributed by atoms with van der Waals surface area (Å²) in [6, 6.07) is 2.22. The van der Waals surface area contributed by atoms with Gasteiger partial charge in [-0.2, -0.15) is 10.4 Å². The average molecular weight is 408 g/mol. The number of nitriles is 1. The van der Waals surface area contributed by atoms with Gasteiger partial charge >= 0.3 is 0 Å². The van der Waals surface area contributed by atoms with Crippen molar-refractivity contribution in [2.24, 2.45) is 58.7 Å². The Morgan fingerprint density at radius 2 is 1.93 bits per heavy atom. The van der Waals surface area contributed by atoms with E-state index in [1.807, 2.05) is 10.9 Å². The van der Waals surface area contributed by atoms with Crippen molar-refractivity contribution < 1.29 is 0 Å². The van der Waals surface area contributed by atoms with Gasteiger partial charge in [0.25, 0.3) is 0 Å². The van der Waals surface area contributed by atoms with Gasteiger partial charge in [0.1, 0.15) is 6.07 Å². The Morgan fingerprint density at radius 1 is 1.13 bits per heavy atom. The molecular weight excluding hydrogens is 366 g/mol. The fourth-order valence-corrected chi connectivity index (χ4v) is 9.51. The van der Waals surface area contributed by atoms with E-state index < -0.39 is 0 Å². The van der Waals surface area contributed by atoms with Gasteiger partial charge in [0, 0.05) is 12.7 Å². The van der Waals surface area contributed by atoms with E-state index >= 15 is 0 Å². The zero-order valence-corrected chi connectivity index (χ0v) is 19.6. The van der Waals surface area contributed by atoms with Crippen LogP contribution in [0.4, 0.5) is 0 Å². The van der Waals surface area contributed by atoms with Crippen molar-refractivity contribution in [2.75, 3.05) is 0 Å². The van der Waals surface area contributed by atoms with Crippen molar-refractivity contribution in [1.82, 2.24) is 9.78 Å². The normalized spacial score (nSPS) is 46.4. The molecule has 1 aromatic heterocycles. The topological polar surface area (TPSA) is 41.6 Å². The van der Waals surface area contributed by atoms with Gasteiger partial charge in [-0.25, -0.2) is 0 Å². The first-order valence-electron chi connectivity index (χ1n) is 12.8. The van der Waals surface area contributed by atoms with Gasteiger partial charge in [0.2, 0.25) is 0 Å². The molecule has 3 nitrogen and oxygen atoms in total. The summed E-state index contributed by atoms with van der Waals surface area (Å²) in [5.74, 6) is 8.26. The Bertz CT molecular complexity index is 805. The van der Waals surface area contributed by atoms with E-state index in [2.05, 4.69) is 38.9 Å². The van der Waals surface area contributed by atoms with E-state index in [0.29, 0.717) is 16.9 Å². The lowest BCUT2D eigenvalue weighted by Gasteiger charge is -2.57. The van der Waals surface area contributed by atoms with Crippen molar-refractivity contribution >= 4 is 0 Å². The predicted molar refractivity (Wildman–Crippen MR) is 120 cm³/mol. The maximum atomic E-state index is 9.13. The lowest BCUT2D eigenvalue weighted by molar-refractivity contribution is -0.0818. The summed E-state index contributed by atoms with van der Waals surface area (Å²) in [6.45, 7) is 11.1. The van der Waals surface area contributed by atoms with E-state index in [1.165, 1.54) is 51.4 Å². The van der Waals surface area contributed by atoms with Gasteiger partial charge < -0.3 is 0 Å². The zero-order chi connectivity index (χ0) is 21.0. The van der Waals surface area contributed by atoms with Crippen LogP contribution in [0.25, 0.3) is 0 Å². The molecule has 4 fully saturated rings. The van der Waals surface area contributed by atoms with Gasteiger partial charge in [-0.1, -0.05) is 34.1 Å². The van der Waals surface area contributed by atoms with E-state index in [9.17, 15) is 0 Å². The zero-order valence-electron chi connectivity index (χ0n) is 19.6. The molecule has 4 aliphatic carbocycles. The number of hydrogen-bond donors (Lipinski definition) is 0. The monoisotopic (exact) mass is 407 g/mol. The summed E-state index contributed by atoms with van der Waals surface area (Å²) in [7, 11) is 0. The molecule has 0 radical (unpaired) electrons. The highest BCUT2D eigenvalue weighted by Crippen LogP contribution is 2.67. The van der Waals surface area contributed by atoms with Crippen molar-refractivity contribution in [3.63, 3.8) is 0 Å². The van der Waals surface area contributed by atoms with Crippen LogP contribution in [0.5, 0.6) is 0 Å². The Balaban J connectivity index is 1.34. The maximum absolute atomic E-state index is 9.13. The van der Waals surface area contributed by atoms with Crippen LogP contribution >= 0.6 is 0 Å². The molecule has 1 heterocycles. The van der Waals surface area contributed by atoms with E-state index in [-0.39, 0.29) is 0 Å². The average Bonchev–Trinajstić information content (AvgIpc) is 3.29. The molecule has 0 bridgehead atoms. The van der Waals surface area contributed by atoms with Crippen molar-refractivity contribution in [2.45, 2.75) is 85.6 Å². The lowest BCUT2D eigenvalue weighted by atomic mass is 9.48. The quantitative estimate of drug-likeness (QED) is 0.570. The van der Waals surface area contributed by atoms with Crippen molar-refractivity contribution in [1.29, 1.82) is 5.26 Å². The fourth-order valence-electron chi connectivity index (χ4n) is 9.51. The number of aromatic nitrogens is 2. The van der Waals surface area contributed by atoms with E-state index in [1.54, 1.807) is 6.20 Å². The Labute approximate surface area is 183 Å². The third kappa shape index (κ3) is 3.25. The van der Waals surface area contributed by atoms with Crippen LogP contribution in [0.15, 0.2) is 12.4 Å². The van der Waals surface area contributed by atoms with Crippen LogP contribution in [0.2, 0.25) is 0 Å². The first kappa shape index (κ1) is 20.6. The number of fused-ring (bicyclic) bond motifs is 5. The first-order chi connectivity index (χ1) is 14.4. The number of hydrogen-bond acceptors (Lipinski definition) is 2. The van der Waals surface area contributed by atoms with Crippen LogP contribution in [0.1, 0.15) is 84.6 Å². The summed E-state index contributed by atoms with van der Waals surface area (Å²) in [4.78, 5) is 0. The van der Waals surface area contributed by atoms with Gasteiger partial charge in [-0.3, -0.25) is 4.68 Å². The molecule has 0 N–H and O–H groups in total. The third-order valence-corrected chi connectivity index (χ3v) is 10.5. The molecule has 3 unspecified atom stereocenters. The summed E-state index contributed by atoms with van der Waals surface area (Å²) in [5.41, 5.74) is 1.19.